The molecule has 1 heterocycles. The minimum atomic E-state index is -1.63. The van der Waals surface area contributed by atoms with Crippen molar-refractivity contribution in [3.05, 3.63) is 11.6 Å². The van der Waals surface area contributed by atoms with Crippen molar-refractivity contribution in [2.75, 3.05) is 13.2 Å². The highest BCUT2D eigenvalue weighted by Gasteiger charge is 2.73. The summed E-state index contributed by atoms with van der Waals surface area (Å²) in [5.41, 5.74) is -1.37. The van der Waals surface area contributed by atoms with Gasteiger partial charge in [0.25, 0.3) is 0 Å². The fourth-order valence-electron chi connectivity index (χ4n) is 13.4. The number of carbonyl (C=O) groups excluding carboxylic acids is 2. The average Bonchev–Trinajstić information content (AvgIpc) is 3.36. The molecule has 17 atom stereocenters. The van der Waals surface area contributed by atoms with Gasteiger partial charge in [-0.15, -0.1) is 0 Å². The number of hydrogen-bond donors (Lipinski definition) is 6. The number of rotatable bonds is 7. The topological polar surface area (TPSA) is 192 Å². The van der Waals surface area contributed by atoms with Crippen molar-refractivity contribution in [1.82, 2.24) is 0 Å². The van der Waals surface area contributed by atoms with Crippen molar-refractivity contribution >= 4 is 11.9 Å². The van der Waals surface area contributed by atoms with Crippen LogP contribution in [0.25, 0.3) is 0 Å². The Labute approximate surface area is 308 Å². The van der Waals surface area contributed by atoms with E-state index in [1.165, 1.54) is 13.8 Å². The molecule has 296 valence electrons. The number of hydrogen-bond acceptors (Lipinski definition) is 12. The summed E-state index contributed by atoms with van der Waals surface area (Å²) in [7, 11) is 0. The van der Waals surface area contributed by atoms with Crippen LogP contribution in [-0.2, 0) is 28.5 Å². The van der Waals surface area contributed by atoms with Gasteiger partial charge < -0.3 is 49.6 Å². The van der Waals surface area contributed by atoms with E-state index in [1.807, 2.05) is 13.8 Å². The molecule has 12 heteroatoms. The Morgan fingerprint density at radius 3 is 2.17 bits per heavy atom. The summed E-state index contributed by atoms with van der Waals surface area (Å²) in [6.45, 7) is 17.6. The van der Waals surface area contributed by atoms with E-state index < -0.39 is 89.4 Å². The second-order valence-electron chi connectivity index (χ2n) is 19.0. The minimum Gasteiger partial charge on any atom is -0.465 e. The standard InChI is InChI=1S/C40H64O12/c1-19(2)23-14-25(45)33-39(9)11-10-22-29(38(39,8)12-13-40(23,33)18-49-20(3)42)24(44)15-28-36(5,6)34(26(50-21(4)43)16-37(22,28)7)52-35-32(48)31(47)30(46)27(17-41)51-35/h10,19,23-35,41,44-48H,11-18H2,1-9H3. The molecule has 6 aliphatic rings. The maximum absolute atomic E-state index is 12.7. The highest BCUT2D eigenvalue weighted by molar-refractivity contribution is 5.66. The number of allylic oxidation sites excluding steroid dienone is 1. The summed E-state index contributed by atoms with van der Waals surface area (Å²) < 4.78 is 24.1. The van der Waals surface area contributed by atoms with Gasteiger partial charge in [-0.2, -0.15) is 0 Å². The first-order valence-corrected chi connectivity index (χ1v) is 19.4. The first-order valence-electron chi connectivity index (χ1n) is 19.4. The molecular weight excluding hydrogens is 672 g/mol. The number of carbonyl (C=O) groups is 2. The molecule has 6 N–H and O–H groups in total. The summed E-state index contributed by atoms with van der Waals surface area (Å²) in [6.07, 6.45) is -4.33. The smallest absolute Gasteiger partial charge is 0.302 e. The summed E-state index contributed by atoms with van der Waals surface area (Å²) in [5.74, 6) is -0.892. The third kappa shape index (κ3) is 5.75. The fraction of sp³-hybridized carbons (Fsp3) is 0.900. The van der Waals surface area contributed by atoms with Gasteiger partial charge in [0, 0.05) is 31.1 Å². The van der Waals surface area contributed by atoms with Crippen LogP contribution < -0.4 is 0 Å². The maximum Gasteiger partial charge on any atom is 0.302 e. The summed E-state index contributed by atoms with van der Waals surface area (Å²) in [4.78, 5) is 24.9. The van der Waals surface area contributed by atoms with Gasteiger partial charge in [0.15, 0.2) is 6.29 Å². The van der Waals surface area contributed by atoms with Crippen LogP contribution >= 0.6 is 0 Å². The maximum atomic E-state index is 12.7. The zero-order valence-corrected chi connectivity index (χ0v) is 32.4. The van der Waals surface area contributed by atoms with Gasteiger partial charge in [0.2, 0.25) is 0 Å². The number of fused-ring (bicyclic) bond motifs is 7. The summed E-state index contributed by atoms with van der Waals surface area (Å²) >= 11 is 0. The van der Waals surface area contributed by atoms with Gasteiger partial charge in [-0.25, -0.2) is 0 Å². The molecule has 0 spiro atoms. The second kappa shape index (κ2) is 13.5. The van der Waals surface area contributed by atoms with Crippen molar-refractivity contribution in [1.29, 1.82) is 0 Å². The predicted octanol–water partition coefficient (Wildman–Crippen LogP) is 2.88. The highest BCUT2D eigenvalue weighted by Crippen LogP contribution is 2.76. The average molecular weight is 737 g/mol. The Bertz CT molecular complexity index is 1410. The van der Waals surface area contributed by atoms with E-state index in [2.05, 4.69) is 40.7 Å². The Balaban J connectivity index is 1.39. The SMILES string of the molecule is CC(=O)OCC12CCC3(C)C4C(=CCC3(C)C1C(O)CC2C(C)C)C1(C)CC(OC(C)=O)C(OC2OC(CO)C(O)C(O)C2O)C(C)(C)C1CC4O. The van der Waals surface area contributed by atoms with Gasteiger partial charge in [-0.05, 0) is 77.9 Å². The molecule has 6 rings (SSSR count). The highest BCUT2D eigenvalue weighted by atomic mass is 16.7. The van der Waals surface area contributed by atoms with Gasteiger partial charge in [0.05, 0.1) is 25.4 Å². The summed E-state index contributed by atoms with van der Waals surface area (Å²) in [5, 5.41) is 66.0. The van der Waals surface area contributed by atoms with Gasteiger partial charge in [-0.3, -0.25) is 9.59 Å². The lowest BCUT2D eigenvalue weighted by atomic mass is 9.35. The summed E-state index contributed by atoms with van der Waals surface area (Å²) in [6, 6.07) is 0. The molecule has 1 aliphatic heterocycles. The third-order valence-corrected chi connectivity index (χ3v) is 15.8. The first-order chi connectivity index (χ1) is 24.1. The molecule has 0 bridgehead atoms. The van der Waals surface area contributed by atoms with Crippen LogP contribution in [0.5, 0.6) is 0 Å². The van der Waals surface area contributed by atoms with Crippen molar-refractivity contribution in [3.63, 3.8) is 0 Å². The molecule has 12 nitrogen and oxygen atoms in total. The van der Waals surface area contributed by atoms with Crippen LogP contribution in [0.2, 0.25) is 0 Å². The molecule has 0 amide bonds. The van der Waals surface area contributed by atoms with Crippen LogP contribution in [0.3, 0.4) is 0 Å². The Kier molecular flexibility index (Phi) is 10.4. The lowest BCUT2D eigenvalue weighted by Gasteiger charge is -2.70. The van der Waals surface area contributed by atoms with Gasteiger partial charge in [0.1, 0.15) is 36.6 Å². The van der Waals surface area contributed by atoms with E-state index in [0.29, 0.717) is 31.6 Å². The van der Waals surface area contributed by atoms with Crippen molar-refractivity contribution in [2.24, 2.45) is 56.7 Å². The zero-order chi connectivity index (χ0) is 38.5. The van der Waals surface area contributed by atoms with E-state index in [1.54, 1.807) is 0 Å². The number of esters is 2. The Morgan fingerprint density at radius 2 is 1.58 bits per heavy atom. The zero-order valence-electron chi connectivity index (χ0n) is 32.4. The van der Waals surface area contributed by atoms with Crippen LogP contribution in [0.15, 0.2) is 11.6 Å². The van der Waals surface area contributed by atoms with Crippen LogP contribution in [0, 0.1) is 56.7 Å². The van der Waals surface area contributed by atoms with Crippen LogP contribution in [0.4, 0.5) is 0 Å². The lowest BCUT2D eigenvalue weighted by Crippen LogP contribution is -2.69. The first kappa shape index (κ1) is 40.0. The van der Waals surface area contributed by atoms with E-state index in [4.69, 9.17) is 18.9 Å². The largest absolute Gasteiger partial charge is 0.465 e. The quantitative estimate of drug-likeness (QED) is 0.128. The van der Waals surface area contributed by atoms with E-state index >= 15 is 0 Å². The van der Waals surface area contributed by atoms with Crippen LogP contribution in [-0.4, -0.2) is 111 Å². The second-order valence-corrected chi connectivity index (χ2v) is 19.0. The molecule has 1 saturated heterocycles. The molecule has 0 radical (unpaired) electrons. The van der Waals surface area contributed by atoms with Gasteiger partial charge in [-0.1, -0.05) is 60.1 Å². The fourth-order valence-corrected chi connectivity index (χ4v) is 13.4. The monoisotopic (exact) mass is 736 g/mol. The van der Waals surface area contributed by atoms with Crippen molar-refractivity contribution in [3.8, 4) is 0 Å². The molecule has 4 saturated carbocycles. The molecule has 52 heavy (non-hydrogen) atoms. The molecule has 17 unspecified atom stereocenters. The van der Waals surface area contributed by atoms with E-state index in [0.717, 1.165) is 18.4 Å². The predicted molar refractivity (Wildman–Crippen MR) is 188 cm³/mol. The molecule has 5 fully saturated rings. The van der Waals surface area contributed by atoms with Crippen LogP contribution in [0.1, 0.15) is 101 Å². The lowest BCUT2D eigenvalue weighted by molar-refractivity contribution is -0.337. The minimum absolute atomic E-state index is 0.145. The number of ether oxygens (including phenoxy) is 4. The molecular formula is C40H64O12. The van der Waals surface area contributed by atoms with Crippen molar-refractivity contribution < 1.29 is 59.2 Å². The number of aliphatic hydroxyl groups excluding tert-OH is 6. The van der Waals surface area contributed by atoms with E-state index in [9.17, 15) is 40.2 Å². The number of aliphatic hydroxyl groups is 6. The molecule has 0 aromatic heterocycles. The Hall–Kier alpha value is -1.64. The normalized spacial score (nSPS) is 51.0. The van der Waals surface area contributed by atoms with Crippen molar-refractivity contribution in [2.45, 2.75) is 156 Å². The molecule has 0 aromatic rings. The third-order valence-electron chi connectivity index (χ3n) is 15.8. The molecule has 5 aliphatic carbocycles. The van der Waals surface area contributed by atoms with E-state index in [-0.39, 0.29) is 41.7 Å². The Morgan fingerprint density at radius 1 is 0.904 bits per heavy atom. The van der Waals surface area contributed by atoms with Gasteiger partial charge >= 0.3 is 11.9 Å². The molecule has 0 aromatic carbocycles.